The van der Waals surface area contributed by atoms with Gasteiger partial charge in [-0.25, -0.2) is 9.59 Å². The van der Waals surface area contributed by atoms with Gasteiger partial charge in [0.15, 0.2) is 5.76 Å². The number of nitrogens with zero attached hydrogens (tertiary/aromatic N) is 5. The van der Waals surface area contributed by atoms with Crippen LogP contribution in [0.15, 0.2) is 44.4 Å². The molecule has 39 heavy (non-hydrogen) atoms. The van der Waals surface area contributed by atoms with Gasteiger partial charge in [0.1, 0.15) is 17.1 Å². The Morgan fingerprint density at radius 1 is 1.36 bits per heavy atom. The molecule has 1 aliphatic carbocycles. The monoisotopic (exact) mass is 577 g/mol. The fraction of sp³-hybridized carbons (Fsp3) is 0.455. The summed E-state index contributed by atoms with van der Waals surface area (Å²) in [7, 11) is 0. The molecule has 2 fully saturated rings. The summed E-state index contributed by atoms with van der Waals surface area (Å²) in [6.45, 7) is 1.78. The first-order valence-electron chi connectivity index (χ1n) is 11.9. The van der Waals surface area contributed by atoms with E-state index in [1.165, 1.54) is 41.9 Å². The van der Waals surface area contributed by atoms with Gasteiger partial charge in [0.05, 0.1) is 6.26 Å². The summed E-state index contributed by atoms with van der Waals surface area (Å²) in [6, 6.07) is 1.93. The number of carboxylic acid groups (broad SMARTS) is 2. The molecule has 5 rings (SSSR count). The van der Waals surface area contributed by atoms with Gasteiger partial charge in [-0.05, 0) is 42.7 Å². The highest BCUT2D eigenvalue weighted by Crippen LogP contribution is 2.43. The second-order valence-electron chi connectivity index (χ2n) is 9.01. The molecule has 2 aliphatic heterocycles. The largest absolute Gasteiger partial charge is 0.478 e. The Balaban J connectivity index is 1.34. The van der Waals surface area contributed by atoms with Crippen LogP contribution in [0.4, 0.5) is 0 Å². The number of hydrogen-bond acceptors (Lipinski definition) is 12. The Morgan fingerprint density at radius 2 is 2.13 bits per heavy atom. The van der Waals surface area contributed by atoms with Gasteiger partial charge in [-0.2, -0.15) is 5.21 Å². The summed E-state index contributed by atoms with van der Waals surface area (Å²) in [5.74, 6) is -3.57. The summed E-state index contributed by atoms with van der Waals surface area (Å²) in [5, 5.41) is 38.9. The molecule has 0 bridgehead atoms. The zero-order valence-corrected chi connectivity index (χ0v) is 22.0. The number of hydrogen-bond donors (Lipinski definition) is 4. The number of H-pyrrole nitrogens is 1. The molecule has 2 aromatic heterocycles. The predicted octanol–water partition coefficient (Wildman–Crippen LogP) is 0.830. The van der Waals surface area contributed by atoms with Crippen LogP contribution in [0.25, 0.3) is 0 Å². The van der Waals surface area contributed by atoms with E-state index in [-0.39, 0.29) is 41.0 Å². The molecule has 15 nitrogen and oxygen atoms in total. The van der Waals surface area contributed by atoms with Gasteiger partial charge in [0.25, 0.3) is 11.8 Å². The molecule has 1 saturated heterocycles. The Labute approximate surface area is 228 Å². The summed E-state index contributed by atoms with van der Waals surface area (Å²) < 4.78 is 5.30. The molecule has 17 heteroatoms. The van der Waals surface area contributed by atoms with Crippen LogP contribution in [0.1, 0.15) is 38.4 Å². The van der Waals surface area contributed by atoms with Gasteiger partial charge < -0.3 is 24.8 Å². The van der Waals surface area contributed by atoms with Crippen molar-refractivity contribution in [3.05, 3.63) is 35.4 Å². The second kappa shape index (κ2) is 10.7. The molecule has 3 aliphatic rings. The number of thioether (sulfide) groups is 2. The van der Waals surface area contributed by atoms with Crippen LogP contribution in [-0.4, -0.2) is 93.2 Å². The summed E-state index contributed by atoms with van der Waals surface area (Å²) >= 11 is 2.50. The van der Waals surface area contributed by atoms with Crippen molar-refractivity contribution in [3.63, 3.8) is 0 Å². The zero-order chi connectivity index (χ0) is 27.7. The van der Waals surface area contributed by atoms with E-state index < -0.39 is 40.8 Å². The number of rotatable bonds is 10. The number of oxime groups is 1. The SMILES string of the molecule is CC(Sc1nn[nH]n1)C1=C(C(=O)O)N2C(=O)[C@@H](NC(=O)C(=NOC3(C(=O)O)CCCC3)c3ccco3)[C@H]2SC1. The van der Waals surface area contributed by atoms with Gasteiger partial charge in [-0.3, -0.25) is 14.5 Å². The molecule has 3 atom stereocenters. The zero-order valence-electron chi connectivity index (χ0n) is 20.4. The van der Waals surface area contributed by atoms with Crippen LogP contribution >= 0.6 is 23.5 Å². The smallest absolute Gasteiger partial charge is 0.352 e. The average molecular weight is 578 g/mol. The lowest BCUT2D eigenvalue weighted by atomic mass is 10.0. The normalized spacial score (nSPS) is 23.2. The minimum atomic E-state index is -1.55. The van der Waals surface area contributed by atoms with Crippen molar-refractivity contribution in [2.24, 2.45) is 5.16 Å². The van der Waals surface area contributed by atoms with Crippen molar-refractivity contribution in [2.75, 3.05) is 5.75 Å². The number of tetrazole rings is 1. The van der Waals surface area contributed by atoms with E-state index in [1.54, 1.807) is 6.92 Å². The first-order valence-corrected chi connectivity index (χ1v) is 13.8. The van der Waals surface area contributed by atoms with Gasteiger partial charge in [-0.1, -0.05) is 16.9 Å². The van der Waals surface area contributed by atoms with E-state index in [9.17, 15) is 29.4 Å². The number of furan rings is 1. The molecule has 2 aromatic rings. The van der Waals surface area contributed by atoms with Crippen molar-refractivity contribution in [1.82, 2.24) is 30.8 Å². The van der Waals surface area contributed by atoms with Crippen LogP contribution in [0.2, 0.25) is 0 Å². The van der Waals surface area contributed by atoms with Crippen LogP contribution in [0.5, 0.6) is 0 Å². The van der Waals surface area contributed by atoms with Gasteiger partial charge >= 0.3 is 11.9 Å². The van der Waals surface area contributed by atoms with E-state index >= 15 is 0 Å². The number of aromatic amines is 1. The molecule has 1 unspecified atom stereocenters. The number of carboxylic acids is 2. The Kier molecular flexibility index (Phi) is 7.35. The number of carbonyl (C=O) groups excluding carboxylic acids is 2. The Hall–Kier alpha value is -3.86. The van der Waals surface area contributed by atoms with Crippen LogP contribution < -0.4 is 5.32 Å². The number of aliphatic carboxylic acids is 2. The molecular weight excluding hydrogens is 554 g/mol. The standard InChI is InChI=1S/C22H23N7O8S2/c1-10(39-21-24-27-28-25-21)11-9-38-18-14(17(31)29(18)15(11)19(32)33)23-16(30)13(12-5-4-8-36-12)26-37-22(20(34)35)6-2-3-7-22/h4-5,8,10,14,18H,2-3,6-7,9H2,1H3,(H,23,30)(H,32,33)(H,34,35)(H,24,25,27,28)/t10?,14-,18-/m1/s1. The number of carbonyl (C=O) groups is 4. The molecule has 4 heterocycles. The number of amides is 2. The van der Waals surface area contributed by atoms with Crippen LogP contribution in [0, 0.1) is 0 Å². The van der Waals surface area contributed by atoms with E-state index in [2.05, 4.69) is 31.1 Å². The van der Waals surface area contributed by atoms with E-state index in [4.69, 9.17) is 9.25 Å². The first-order chi connectivity index (χ1) is 18.7. The summed E-state index contributed by atoms with van der Waals surface area (Å²) in [6.07, 6.45) is 3.08. The molecule has 4 N–H and O–H groups in total. The highest BCUT2D eigenvalue weighted by atomic mass is 32.2. The van der Waals surface area contributed by atoms with Crippen molar-refractivity contribution < 1.29 is 38.6 Å². The molecule has 2 amide bonds. The number of fused-ring (bicyclic) bond motifs is 1. The van der Waals surface area contributed by atoms with Crippen LogP contribution in [-0.2, 0) is 24.0 Å². The average Bonchev–Trinajstić information content (AvgIpc) is 3.70. The molecule has 1 saturated carbocycles. The lowest BCUT2D eigenvalue weighted by Gasteiger charge is -2.49. The molecule has 0 radical (unpaired) electrons. The maximum atomic E-state index is 13.2. The van der Waals surface area contributed by atoms with Crippen LogP contribution in [0.3, 0.4) is 0 Å². The van der Waals surface area contributed by atoms with Crippen molar-refractivity contribution >= 4 is 53.0 Å². The minimum Gasteiger partial charge on any atom is -0.478 e. The number of nitrogens with one attached hydrogen (secondary N) is 2. The third-order valence-corrected chi connectivity index (χ3v) is 8.99. The summed E-state index contributed by atoms with van der Waals surface area (Å²) in [5.41, 5.74) is -1.52. The number of aromatic nitrogens is 4. The lowest BCUT2D eigenvalue weighted by molar-refractivity contribution is -0.165. The third-order valence-electron chi connectivity index (χ3n) is 6.67. The molecule has 206 valence electrons. The second-order valence-corrected chi connectivity index (χ2v) is 11.4. The molecule has 0 aromatic carbocycles. The van der Waals surface area contributed by atoms with E-state index in [0.717, 1.165) is 4.90 Å². The van der Waals surface area contributed by atoms with E-state index in [0.29, 0.717) is 23.6 Å². The van der Waals surface area contributed by atoms with Gasteiger partial charge in [-0.15, -0.1) is 22.0 Å². The topological polar surface area (TPSA) is 213 Å². The summed E-state index contributed by atoms with van der Waals surface area (Å²) in [4.78, 5) is 57.0. The fourth-order valence-electron chi connectivity index (χ4n) is 4.63. The highest BCUT2D eigenvalue weighted by molar-refractivity contribution is 8.01. The molecule has 0 spiro atoms. The quantitative estimate of drug-likeness (QED) is 0.133. The van der Waals surface area contributed by atoms with Gasteiger partial charge in [0, 0.05) is 23.8 Å². The van der Waals surface area contributed by atoms with E-state index in [1.807, 2.05) is 0 Å². The maximum Gasteiger partial charge on any atom is 0.352 e. The first kappa shape index (κ1) is 26.7. The number of β-lactam (4-membered cyclic amide) rings is 1. The van der Waals surface area contributed by atoms with Crippen molar-refractivity contribution in [1.29, 1.82) is 0 Å². The maximum absolute atomic E-state index is 13.2. The third kappa shape index (κ3) is 4.98. The molecular formula is C22H23N7O8S2. The Morgan fingerprint density at radius 3 is 2.74 bits per heavy atom. The fourth-order valence-corrected chi connectivity index (χ4v) is 7.04. The predicted molar refractivity (Wildman–Crippen MR) is 134 cm³/mol. The highest BCUT2D eigenvalue weighted by Gasteiger charge is 2.55. The van der Waals surface area contributed by atoms with Crippen molar-refractivity contribution in [2.45, 2.75) is 60.0 Å². The van der Waals surface area contributed by atoms with Gasteiger partial charge in [0.2, 0.25) is 16.5 Å². The van der Waals surface area contributed by atoms with Crippen molar-refractivity contribution in [3.8, 4) is 0 Å². The Bertz CT molecular complexity index is 1340. The lowest BCUT2D eigenvalue weighted by Crippen LogP contribution is -2.71. The minimum absolute atomic E-state index is 0.0201.